The highest BCUT2D eigenvalue weighted by atomic mass is 16.5. The van der Waals surface area contributed by atoms with E-state index < -0.39 is 6.10 Å². The Kier molecular flexibility index (Phi) is 4.45. The summed E-state index contributed by atoms with van der Waals surface area (Å²) in [5, 5.41) is 2.95. The van der Waals surface area contributed by atoms with Gasteiger partial charge in [0.2, 0.25) is 0 Å². The molecule has 1 N–H and O–H groups in total. The summed E-state index contributed by atoms with van der Waals surface area (Å²) in [6.07, 6.45) is 1.84. The monoisotopic (exact) mass is 336 g/mol. The highest BCUT2D eigenvalue weighted by Crippen LogP contribution is 2.31. The lowest BCUT2D eigenvalue weighted by molar-refractivity contribution is -0.124. The number of aryl methyl sites for hydroxylation is 1. The Balaban J connectivity index is 1.34. The fraction of sp³-hybridized carbons (Fsp3) is 0.381. The first kappa shape index (κ1) is 16.2. The van der Waals surface area contributed by atoms with Gasteiger partial charge in [-0.25, -0.2) is 0 Å². The summed E-state index contributed by atoms with van der Waals surface area (Å²) in [5.74, 6) is 1.35. The van der Waals surface area contributed by atoms with Gasteiger partial charge in [-0.05, 0) is 56.5 Å². The minimum absolute atomic E-state index is 0.0423. The quantitative estimate of drug-likeness (QED) is 0.931. The maximum absolute atomic E-state index is 12.3. The molecule has 1 atom stereocenters. The van der Waals surface area contributed by atoms with Gasteiger partial charge in [0.1, 0.15) is 5.75 Å². The Bertz CT molecular complexity index is 749. The number of benzene rings is 2. The molecule has 0 bridgehead atoms. The van der Waals surface area contributed by atoms with Crippen LogP contribution in [0, 0.1) is 6.92 Å². The first-order valence-corrected chi connectivity index (χ1v) is 9.04. The summed E-state index contributed by atoms with van der Waals surface area (Å²) in [5.41, 5.74) is 3.51. The number of ether oxygens (including phenoxy) is 1. The number of nitrogens with one attached hydrogen (secondary N) is 1. The summed E-state index contributed by atoms with van der Waals surface area (Å²) in [6.45, 7) is 4.79. The van der Waals surface area contributed by atoms with Crippen LogP contribution in [-0.4, -0.2) is 36.5 Å². The molecule has 0 aliphatic carbocycles. The van der Waals surface area contributed by atoms with Crippen molar-refractivity contribution in [3.8, 4) is 5.75 Å². The average molecular weight is 336 g/mol. The lowest BCUT2D eigenvalue weighted by atomic mass is 9.89. The third-order valence-electron chi connectivity index (χ3n) is 5.27. The Morgan fingerprint density at radius 3 is 2.56 bits per heavy atom. The SMILES string of the molecule is Cc1ccc(C2CCN(CC3Oc4ccccc4NC3=O)CC2)cc1. The van der Waals surface area contributed by atoms with Crippen molar-refractivity contribution in [2.75, 3.05) is 25.0 Å². The maximum atomic E-state index is 12.3. The van der Waals surface area contributed by atoms with Crippen LogP contribution < -0.4 is 10.1 Å². The van der Waals surface area contributed by atoms with Crippen LogP contribution in [0.3, 0.4) is 0 Å². The van der Waals surface area contributed by atoms with Gasteiger partial charge < -0.3 is 10.1 Å². The van der Waals surface area contributed by atoms with E-state index >= 15 is 0 Å². The van der Waals surface area contributed by atoms with Crippen molar-refractivity contribution in [2.45, 2.75) is 31.8 Å². The molecule has 1 saturated heterocycles. The molecule has 0 saturated carbocycles. The van der Waals surface area contributed by atoms with Crippen molar-refractivity contribution in [2.24, 2.45) is 0 Å². The topological polar surface area (TPSA) is 41.6 Å². The zero-order valence-electron chi connectivity index (χ0n) is 14.6. The lowest BCUT2D eigenvalue weighted by Gasteiger charge is -2.35. The van der Waals surface area contributed by atoms with Crippen LogP contribution in [0.5, 0.6) is 5.75 Å². The first-order chi connectivity index (χ1) is 12.2. The average Bonchev–Trinajstić information content (AvgIpc) is 2.64. The van der Waals surface area contributed by atoms with Gasteiger partial charge in [-0.15, -0.1) is 0 Å². The first-order valence-electron chi connectivity index (χ1n) is 9.04. The number of carbonyl (C=O) groups excluding carboxylic acids is 1. The normalized spacial score (nSPS) is 21.3. The third-order valence-corrected chi connectivity index (χ3v) is 5.27. The number of piperidine rings is 1. The number of hydrogen-bond donors (Lipinski definition) is 1. The number of nitrogens with zero attached hydrogens (tertiary/aromatic N) is 1. The van der Waals surface area contributed by atoms with E-state index in [1.807, 2.05) is 24.3 Å². The van der Waals surface area contributed by atoms with E-state index in [9.17, 15) is 4.79 Å². The molecule has 2 aliphatic heterocycles. The summed E-state index contributed by atoms with van der Waals surface area (Å²) in [6, 6.07) is 16.5. The van der Waals surface area contributed by atoms with E-state index in [-0.39, 0.29) is 5.91 Å². The van der Waals surface area contributed by atoms with E-state index in [4.69, 9.17) is 4.74 Å². The molecule has 0 radical (unpaired) electrons. The van der Waals surface area contributed by atoms with E-state index in [1.165, 1.54) is 11.1 Å². The fourth-order valence-corrected chi connectivity index (χ4v) is 3.73. The summed E-state index contributed by atoms with van der Waals surface area (Å²) >= 11 is 0. The minimum atomic E-state index is -0.425. The van der Waals surface area contributed by atoms with Gasteiger partial charge in [0.15, 0.2) is 6.10 Å². The van der Waals surface area contributed by atoms with Gasteiger partial charge in [-0.1, -0.05) is 42.0 Å². The van der Waals surface area contributed by atoms with Crippen LogP contribution >= 0.6 is 0 Å². The standard InChI is InChI=1S/C21H24N2O2/c1-15-6-8-16(9-7-15)17-10-12-23(13-11-17)14-20-21(24)22-18-4-2-3-5-19(18)25-20/h2-9,17,20H,10-14H2,1H3,(H,22,24). The summed E-state index contributed by atoms with van der Waals surface area (Å²) in [4.78, 5) is 14.6. The largest absolute Gasteiger partial charge is 0.477 e. The number of para-hydroxylation sites is 2. The fourth-order valence-electron chi connectivity index (χ4n) is 3.73. The molecule has 4 rings (SSSR count). The number of rotatable bonds is 3. The predicted octanol–water partition coefficient (Wildman–Crippen LogP) is 3.57. The van der Waals surface area contributed by atoms with Crippen LogP contribution in [0.4, 0.5) is 5.69 Å². The minimum Gasteiger partial charge on any atom is -0.477 e. The number of hydrogen-bond acceptors (Lipinski definition) is 3. The second kappa shape index (κ2) is 6.89. The van der Waals surface area contributed by atoms with Gasteiger partial charge >= 0.3 is 0 Å². The van der Waals surface area contributed by atoms with Gasteiger partial charge in [-0.2, -0.15) is 0 Å². The van der Waals surface area contributed by atoms with Gasteiger partial charge in [0.05, 0.1) is 5.69 Å². The molecule has 0 spiro atoms. The molecule has 130 valence electrons. The van der Waals surface area contributed by atoms with Gasteiger partial charge in [-0.3, -0.25) is 9.69 Å². The second-order valence-corrected chi connectivity index (χ2v) is 7.08. The molecular formula is C21H24N2O2. The number of amides is 1. The Labute approximate surface area is 148 Å². The molecule has 2 aromatic rings. The van der Waals surface area contributed by atoms with Crippen LogP contribution in [0.25, 0.3) is 0 Å². The van der Waals surface area contributed by atoms with E-state index in [1.54, 1.807) is 0 Å². The van der Waals surface area contributed by atoms with Crippen molar-refractivity contribution in [1.29, 1.82) is 0 Å². The highest BCUT2D eigenvalue weighted by Gasteiger charge is 2.30. The molecule has 2 aromatic carbocycles. The summed E-state index contributed by atoms with van der Waals surface area (Å²) < 4.78 is 5.92. The van der Waals surface area contributed by atoms with Crippen molar-refractivity contribution in [3.63, 3.8) is 0 Å². The Morgan fingerprint density at radius 2 is 1.80 bits per heavy atom. The molecule has 25 heavy (non-hydrogen) atoms. The molecule has 1 amide bonds. The molecular weight excluding hydrogens is 312 g/mol. The highest BCUT2D eigenvalue weighted by molar-refractivity contribution is 5.97. The Morgan fingerprint density at radius 1 is 1.08 bits per heavy atom. The molecule has 4 nitrogen and oxygen atoms in total. The van der Waals surface area contributed by atoms with Gasteiger partial charge in [0, 0.05) is 6.54 Å². The van der Waals surface area contributed by atoms with Crippen LogP contribution in [0.1, 0.15) is 29.9 Å². The maximum Gasteiger partial charge on any atom is 0.266 e. The third kappa shape index (κ3) is 3.54. The van der Waals surface area contributed by atoms with Gasteiger partial charge in [0.25, 0.3) is 5.91 Å². The van der Waals surface area contributed by atoms with Crippen LogP contribution in [0.15, 0.2) is 48.5 Å². The second-order valence-electron chi connectivity index (χ2n) is 7.08. The van der Waals surface area contributed by atoms with Crippen molar-refractivity contribution in [3.05, 3.63) is 59.7 Å². The van der Waals surface area contributed by atoms with Crippen molar-refractivity contribution < 1.29 is 9.53 Å². The number of carbonyl (C=O) groups is 1. The summed E-state index contributed by atoms with van der Waals surface area (Å²) in [7, 11) is 0. The molecule has 2 heterocycles. The van der Waals surface area contributed by atoms with Crippen LogP contribution in [0.2, 0.25) is 0 Å². The molecule has 1 fully saturated rings. The predicted molar refractivity (Wildman–Crippen MR) is 99.1 cm³/mol. The van der Waals surface area contributed by atoms with E-state index in [0.717, 1.165) is 37.4 Å². The van der Waals surface area contributed by atoms with E-state index in [0.29, 0.717) is 12.5 Å². The molecule has 2 aliphatic rings. The zero-order chi connectivity index (χ0) is 17.2. The smallest absolute Gasteiger partial charge is 0.266 e. The zero-order valence-corrected chi connectivity index (χ0v) is 14.6. The van der Waals surface area contributed by atoms with Crippen molar-refractivity contribution >= 4 is 11.6 Å². The molecule has 0 aromatic heterocycles. The Hall–Kier alpha value is -2.33. The lowest BCUT2D eigenvalue weighted by Crippen LogP contribution is -2.47. The van der Waals surface area contributed by atoms with E-state index in [2.05, 4.69) is 41.4 Å². The van der Waals surface area contributed by atoms with Crippen molar-refractivity contribution in [1.82, 2.24) is 4.90 Å². The molecule has 4 heteroatoms. The number of likely N-dealkylation sites (tertiary alicyclic amines) is 1. The number of anilines is 1. The molecule has 1 unspecified atom stereocenters. The van der Waals surface area contributed by atoms with Crippen LogP contribution in [-0.2, 0) is 4.79 Å². The number of fused-ring (bicyclic) bond motifs is 1.